The zero-order valence-electron chi connectivity index (χ0n) is 17.6. The highest BCUT2D eigenvalue weighted by Gasteiger charge is 2.48. The zero-order chi connectivity index (χ0) is 20.2. The molecule has 26 heavy (non-hydrogen) atoms. The summed E-state index contributed by atoms with van der Waals surface area (Å²) in [4.78, 5) is 25.3. The van der Waals surface area contributed by atoms with E-state index in [0.717, 1.165) is 0 Å². The van der Waals surface area contributed by atoms with Crippen molar-refractivity contribution in [1.29, 1.82) is 0 Å². The number of carbonyl (C=O) groups excluding carboxylic acids is 2. The number of esters is 2. The minimum atomic E-state index is -1.61. The van der Waals surface area contributed by atoms with Crippen LogP contribution in [0.1, 0.15) is 46.5 Å². The molecule has 0 amide bonds. The van der Waals surface area contributed by atoms with Crippen LogP contribution in [0.5, 0.6) is 0 Å². The van der Waals surface area contributed by atoms with Gasteiger partial charge in [-0.15, -0.1) is 11.5 Å². The second-order valence-electron chi connectivity index (χ2n) is 9.18. The van der Waals surface area contributed by atoms with Crippen LogP contribution < -0.4 is 0 Å². The summed E-state index contributed by atoms with van der Waals surface area (Å²) in [5.41, 5.74) is 3.14. The molecule has 0 bridgehead atoms. The molecular weight excluding hydrogens is 344 g/mol. The highest BCUT2D eigenvalue weighted by molar-refractivity contribution is 6.83. The molecule has 0 unspecified atom stereocenters. The highest BCUT2D eigenvalue weighted by atomic mass is 28.3. The summed E-state index contributed by atoms with van der Waals surface area (Å²) in [6.45, 7) is 12.9. The van der Waals surface area contributed by atoms with Gasteiger partial charge in [-0.1, -0.05) is 52.1 Å². The second kappa shape index (κ2) is 8.43. The van der Waals surface area contributed by atoms with E-state index in [4.69, 9.17) is 9.47 Å². The summed E-state index contributed by atoms with van der Waals surface area (Å²) in [7, 11) is 1.00. The molecule has 0 radical (unpaired) electrons. The van der Waals surface area contributed by atoms with E-state index in [1.54, 1.807) is 0 Å². The number of allylic oxidation sites excluding steroid dienone is 2. The van der Waals surface area contributed by atoms with Crippen LogP contribution in [0.25, 0.3) is 0 Å². The standard InChI is InChI=1S/C21H34O4Si/c1-20(2,3)17(16-10-11-16)12-14-21(18(22)24-4,19(23)25-5)13-9-15-26(6,7)8/h12,16H,10-11,13-14H2,1-8H3/b17-12-. The first-order valence-electron chi connectivity index (χ1n) is 9.25. The smallest absolute Gasteiger partial charge is 0.324 e. The van der Waals surface area contributed by atoms with Crippen LogP contribution in [0.2, 0.25) is 19.6 Å². The van der Waals surface area contributed by atoms with E-state index in [-0.39, 0.29) is 18.3 Å². The van der Waals surface area contributed by atoms with Gasteiger partial charge in [0.2, 0.25) is 0 Å². The first-order chi connectivity index (χ1) is 11.9. The molecule has 0 aromatic heterocycles. The first kappa shape index (κ1) is 22.5. The Hall–Kier alpha value is -1.54. The first-order valence-corrected chi connectivity index (χ1v) is 12.7. The van der Waals surface area contributed by atoms with Gasteiger partial charge in [0.05, 0.1) is 14.2 Å². The average molecular weight is 379 g/mol. The Kier molecular flexibility index (Phi) is 7.30. The van der Waals surface area contributed by atoms with Crippen molar-refractivity contribution < 1.29 is 19.1 Å². The predicted molar refractivity (Wildman–Crippen MR) is 107 cm³/mol. The van der Waals surface area contributed by atoms with Gasteiger partial charge in [0.1, 0.15) is 8.07 Å². The molecular formula is C21H34O4Si. The van der Waals surface area contributed by atoms with Crippen LogP contribution in [-0.4, -0.2) is 34.2 Å². The van der Waals surface area contributed by atoms with Crippen molar-refractivity contribution in [2.45, 2.75) is 66.1 Å². The van der Waals surface area contributed by atoms with Gasteiger partial charge in [-0.3, -0.25) is 9.59 Å². The van der Waals surface area contributed by atoms with Gasteiger partial charge in [0.15, 0.2) is 5.41 Å². The number of hydrogen-bond acceptors (Lipinski definition) is 4. The summed E-state index contributed by atoms with van der Waals surface area (Å²) in [6, 6.07) is 0. The van der Waals surface area contributed by atoms with Gasteiger partial charge in [-0.05, 0) is 30.6 Å². The second-order valence-corrected chi connectivity index (χ2v) is 13.9. The SMILES string of the molecule is COC(=O)C(CC#C[Si](C)(C)C)(C/C=C(/C1CC1)C(C)(C)C)C(=O)OC. The van der Waals surface area contributed by atoms with Gasteiger partial charge >= 0.3 is 11.9 Å². The molecule has 1 saturated carbocycles. The van der Waals surface area contributed by atoms with Crippen LogP contribution in [0.4, 0.5) is 0 Å². The fourth-order valence-electron chi connectivity index (χ4n) is 3.08. The van der Waals surface area contributed by atoms with Gasteiger partial charge in [0.25, 0.3) is 0 Å². The molecule has 1 aliphatic rings. The largest absolute Gasteiger partial charge is 0.468 e. The van der Waals surface area contributed by atoms with Gasteiger partial charge in [-0.2, -0.15) is 0 Å². The maximum atomic E-state index is 12.6. The lowest BCUT2D eigenvalue weighted by Crippen LogP contribution is -2.41. The number of hydrogen-bond donors (Lipinski definition) is 0. The van der Waals surface area contributed by atoms with Crippen LogP contribution in [0.15, 0.2) is 11.6 Å². The topological polar surface area (TPSA) is 52.6 Å². The zero-order valence-corrected chi connectivity index (χ0v) is 18.6. The summed E-state index contributed by atoms with van der Waals surface area (Å²) in [5.74, 6) is 2.49. The maximum Gasteiger partial charge on any atom is 0.324 e. The van der Waals surface area contributed by atoms with E-state index >= 15 is 0 Å². The Morgan fingerprint density at radius 3 is 1.92 bits per heavy atom. The Labute approximate surface area is 159 Å². The molecule has 0 saturated heterocycles. The third kappa shape index (κ3) is 6.02. The minimum Gasteiger partial charge on any atom is -0.468 e. The van der Waals surface area contributed by atoms with E-state index < -0.39 is 25.4 Å². The van der Waals surface area contributed by atoms with Crippen molar-refractivity contribution in [2.75, 3.05) is 14.2 Å². The molecule has 5 heteroatoms. The predicted octanol–water partition coefficient (Wildman–Crippen LogP) is 4.36. The number of ether oxygens (including phenoxy) is 2. The molecule has 0 aliphatic heterocycles. The van der Waals surface area contributed by atoms with Crippen LogP contribution in [-0.2, 0) is 19.1 Å². The highest BCUT2D eigenvalue weighted by Crippen LogP contribution is 2.46. The lowest BCUT2D eigenvalue weighted by molar-refractivity contribution is -0.168. The van der Waals surface area contributed by atoms with Crippen molar-refractivity contribution in [2.24, 2.45) is 16.7 Å². The molecule has 0 heterocycles. The van der Waals surface area contributed by atoms with Crippen molar-refractivity contribution >= 4 is 20.0 Å². The lowest BCUT2D eigenvalue weighted by Gasteiger charge is -2.28. The summed E-state index contributed by atoms with van der Waals surface area (Å²) >= 11 is 0. The molecule has 4 nitrogen and oxygen atoms in total. The summed E-state index contributed by atoms with van der Waals surface area (Å²) < 4.78 is 9.98. The minimum absolute atomic E-state index is 0.00312. The summed E-state index contributed by atoms with van der Waals surface area (Å²) in [6.07, 6.45) is 4.77. The van der Waals surface area contributed by atoms with Crippen molar-refractivity contribution in [3.8, 4) is 11.5 Å². The molecule has 0 aromatic rings. The van der Waals surface area contributed by atoms with Crippen LogP contribution in [0.3, 0.4) is 0 Å². The molecule has 1 fully saturated rings. The molecule has 0 spiro atoms. The normalized spacial score (nSPS) is 15.8. The van der Waals surface area contributed by atoms with E-state index in [0.29, 0.717) is 5.92 Å². The number of carbonyl (C=O) groups is 2. The van der Waals surface area contributed by atoms with E-state index in [2.05, 4.69) is 58.0 Å². The Morgan fingerprint density at radius 1 is 1.08 bits per heavy atom. The molecule has 146 valence electrons. The molecule has 0 atom stereocenters. The van der Waals surface area contributed by atoms with Crippen molar-refractivity contribution in [3.05, 3.63) is 11.6 Å². The Bertz CT molecular complexity index is 603. The fourth-order valence-corrected chi connectivity index (χ4v) is 3.70. The molecule has 1 rings (SSSR count). The van der Waals surface area contributed by atoms with E-state index in [1.807, 2.05) is 0 Å². The van der Waals surface area contributed by atoms with Gasteiger partial charge in [-0.25, -0.2) is 0 Å². The number of methoxy groups -OCH3 is 2. The average Bonchev–Trinajstić information content (AvgIpc) is 3.34. The third-order valence-electron chi connectivity index (χ3n) is 4.56. The van der Waals surface area contributed by atoms with Gasteiger partial charge in [0, 0.05) is 6.42 Å². The Balaban J connectivity index is 3.30. The monoisotopic (exact) mass is 378 g/mol. The van der Waals surface area contributed by atoms with Crippen molar-refractivity contribution in [3.63, 3.8) is 0 Å². The van der Waals surface area contributed by atoms with Crippen LogP contribution >= 0.6 is 0 Å². The van der Waals surface area contributed by atoms with Gasteiger partial charge < -0.3 is 9.47 Å². The molecule has 1 aliphatic carbocycles. The van der Waals surface area contributed by atoms with E-state index in [1.165, 1.54) is 32.6 Å². The van der Waals surface area contributed by atoms with E-state index in [9.17, 15) is 9.59 Å². The Morgan fingerprint density at radius 2 is 1.58 bits per heavy atom. The fraction of sp³-hybridized carbons (Fsp3) is 0.714. The van der Waals surface area contributed by atoms with Crippen LogP contribution in [0, 0.1) is 28.2 Å². The molecule has 0 aromatic carbocycles. The third-order valence-corrected chi connectivity index (χ3v) is 5.49. The molecule has 0 N–H and O–H groups in total. The lowest BCUT2D eigenvalue weighted by atomic mass is 9.77. The quantitative estimate of drug-likeness (QED) is 0.226. The van der Waals surface area contributed by atoms with Crippen molar-refractivity contribution in [1.82, 2.24) is 0 Å². The summed E-state index contributed by atoms with van der Waals surface area (Å²) in [5, 5.41) is 0. The maximum absolute atomic E-state index is 12.6. The number of rotatable bonds is 6.